The van der Waals surface area contributed by atoms with Gasteiger partial charge in [-0.15, -0.1) is 0 Å². The highest BCUT2D eigenvalue weighted by Crippen LogP contribution is 2.54. The van der Waals surface area contributed by atoms with Crippen LogP contribution in [0.15, 0.2) is 22.6 Å². The summed E-state index contributed by atoms with van der Waals surface area (Å²) in [6, 6.07) is 4.02. The third-order valence-corrected chi connectivity index (χ3v) is 7.61. The van der Waals surface area contributed by atoms with Crippen LogP contribution in [0.3, 0.4) is 0 Å². The molecule has 2 aromatic rings. The first-order valence-electron chi connectivity index (χ1n) is 11.8. The Kier molecular flexibility index (Phi) is 4.87. The van der Waals surface area contributed by atoms with Crippen molar-refractivity contribution < 1.29 is 31.5 Å². The van der Waals surface area contributed by atoms with Crippen molar-refractivity contribution in [2.75, 3.05) is 23.3 Å². The van der Waals surface area contributed by atoms with Gasteiger partial charge in [-0.05, 0) is 67.9 Å². The minimum Gasteiger partial charge on any atom is -0.487 e. The number of benzene rings is 1. The lowest BCUT2D eigenvalue weighted by Crippen LogP contribution is -2.21. The van der Waals surface area contributed by atoms with Crippen molar-refractivity contribution in [2.45, 2.75) is 57.2 Å². The third kappa shape index (κ3) is 4.34. The molecule has 1 N–H and O–H groups in total. The number of oxazole rings is 1. The summed E-state index contributed by atoms with van der Waals surface area (Å²) >= 11 is 0. The van der Waals surface area contributed by atoms with E-state index in [2.05, 4.69) is 10.3 Å². The number of amides is 1. The second-order valence-electron chi connectivity index (χ2n) is 10.3. The number of ether oxygens (including phenoxy) is 1. The number of rotatable bonds is 6. The number of carbonyl (C=O) groups is 1. The van der Waals surface area contributed by atoms with Gasteiger partial charge in [0.25, 0.3) is 11.9 Å². The van der Waals surface area contributed by atoms with Gasteiger partial charge in [0.2, 0.25) is 0 Å². The second kappa shape index (κ2) is 7.61. The molecule has 2 unspecified atom stereocenters. The van der Waals surface area contributed by atoms with Gasteiger partial charge in [0, 0.05) is 24.8 Å². The Hall–Kier alpha value is -2.78. The Balaban J connectivity index is 1.17. The van der Waals surface area contributed by atoms with E-state index < -0.39 is 35.8 Å². The normalized spacial score (nSPS) is 26.6. The van der Waals surface area contributed by atoms with Crippen molar-refractivity contribution in [3.05, 3.63) is 35.5 Å². The molecule has 3 aliphatic carbocycles. The summed E-state index contributed by atoms with van der Waals surface area (Å²) in [5.74, 6) is -0.564. The number of hydrogen-bond donors (Lipinski definition) is 1. The summed E-state index contributed by atoms with van der Waals surface area (Å²) < 4.78 is 65.2. The molecule has 0 radical (unpaired) electrons. The zero-order valence-electron chi connectivity index (χ0n) is 18.5. The molecule has 1 spiro atoms. The summed E-state index contributed by atoms with van der Waals surface area (Å²) in [4.78, 5) is 18.7. The molecular weight excluding hydrogens is 454 g/mol. The predicted octanol–water partition coefficient (Wildman–Crippen LogP) is 5.34. The summed E-state index contributed by atoms with van der Waals surface area (Å²) in [5, 5.41) is 2.45. The van der Waals surface area contributed by atoms with E-state index in [1.165, 1.54) is 18.6 Å². The van der Waals surface area contributed by atoms with E-state index in [0.29, 0.717) is 24.9 Å². The molecule has 0 bridgehead atoms. The average molecular weight is 479 g/mol. The number of anilines is 2. The van der Waals surface area contributed by atoms with Gasteiger partial charge in [-0.25, -0.2) is 4.39 Å². The van der Waals surface area contributed by atoms with Crippen LogP contribution in [0.5, 0.6) is 5.75 Å². The summed E-state index contributed by atoms with van der Waals surface area (Å²) in [6.45, 7) is 1.29. The van der Waals surface area contributed by atoms with Crippen molar-refractivity contribution >= 4 is 17.6 Å². The molecule has 1 aromatic heterocycles. The van der Waals surface area contributed by atoms with Crippen LogP contribution >= 0.6 is 0 Å². The topological polar surface area (TPSA) is 67.6 Å². The maximum atomic E-state index is 14.6. The zero-order valence-corrected chi connectivity index (χ0v) is 18.5. The molecule has 1 aromatic carbocycles. The van der Waals surface area contributed by atoms with Gasteiger partial charge in [-0.3, -0.25) is 4.79 Å². The Labute approximate surface area is 193 Å². The van der Waals surface area contributed by atoms with Crippen LogP contribution in [-0.2, 0) is 6.42 Å². The lowest BCUT2D eigenvalue weighted by atomic mass is 10.1. The van der Waals surface area contributed by atoms with E-state index in [9.17, 15) is 22.4 Å². The van der Waals surface area contributed by atoms with Crippen molar-refractivity contribution in [2.24, 2.45) is 17.3 Å². The number of nitrogens with one attached hydrogen (secondary N) is 1. The smallest absolute Gasteiger partial charge is 0.396 e. The van der Waals surface area contributed by atoms with Crippen LogP contribution < -0.4 is 15.0 Å². The monoisotopic (exact) mass is 479 g/mol. The molecule has 6 rings (SSSR count). The van der Waals surface area contributed by atoms with Gasteiger partial charge in [-0.1, -0.05) is 0 Å². The molecule has 1 saturated heterocycles. The molecule has 2 atom stereocenters. The van der Waals surface area contributed by atoms with Crippen LogP contribution in [0.1, 0.15) is 54.8 Å². The molecular formula is C24H25F4N3O3. The molecule has 10 heteroatoms. The van der Waals surface area contributed by atoms with E-state index >= 15 is 0 Å². The van der Waals surface area contributed by atoms with Gasteiger partial charge < -0.3 is 19.4 Å². The fraction of sp³-hybridized carbons (Fsp3) is 0.583. The van der Waals surface area contributed by atoms with E-state index in [-0.39, 0.29) is 29.0 Å². The number of alkyl halides is 3. The van der Waals surface area contributed by atoms with Crippen LogP contribution in [0, 0.1) is 23.1 Å². The van der Waals surface area contributed by atoms with Crippen LogP contribution in [0.25, 0.3) is 0 Å². The molecule has 4 fully saturated rings. The Morgan fingerprint density at radius 2 is 1.97 bits per heavy atom. The van der Waals surface area contributed by atoms with Gasteiger partial charge in [0.1, 0.15) is 12.2 Å². The molecule has 6 nitrogen and oxygen atoms in total. The molecule has 3 saturated carbocycles. The largest absolute Gasteiger partial charge is 0.487 e. The van der Waals surface area contributed by atoms with Crippen molar-refractivity contribution in [1.29, 1.82) is 0 Å². The fourth-order valence-corrected chi connectivity index (χ4v) is 5.44. The number of nitrogens with zero attached hydrogens (tertiary/aromatic N) is 2. The summed E-state index contributed by atoms with van der Waals surface area (Å²) in [6.07, 6.45) is 0.201. The maximum Gasteiger partial charge on any atom is 0.396 e. The summed E-state index contributed by atoms with van der Waals surface area (Å²) in [5.41, 5.74) is -0.124. The average Bonchev–Trinajstić information content (AvgIpc) is 3.49. The number of halogens is 4. The molecule has 34 heavy (non-hydrogen) atoms. The van der Waals surface area contributed by atoms with Crippen molar-refractivity contribution in [1.82, 2.24) is 4.98 Å². The third-order valence-electron chi connectivity index (χ3n) is 7.61. The summed E-state index contributed by atoms with van der Waals surface area (Å²) in [7, 11) is 0. The first kappa shape index (κ1) is 21.7. The fourth-order valence-electron chi connectivity index (χ4n) is 5.44. The van der Waals surface area contributed by atoms with Crippen LogP contribution in [0.4, 0.5) is 29.3 Å². The minimum absolute atomic E-state index is 0.00228. The SMILES string of the molecule is O=C(Nc1ccc(OC2CC3CC3C2)c(F)c1)c1nc(N2CCC3(CC3)C2)oc1CC(F)(F)F. The van der Waals surface area contributed by atoms with Gasteiger partial charge in [0.05, 0.1) is 6.10 Å². The molecule has 1 aliphatic heterocycles. The molecule has 4 aliphatic rings. The molecule has 182 valence electrons. The van der Waals surface area contributed by atoms with Crippen LogP contribution in [-0.4, -0.2) is 36.3 Å². The van der Waals surface area contributed by atoms with Crippen molar-refractivity contribution in [3.63, 3.8) is 0 Å². The van der Waals surface area contributed by atoms with E-state index in [1.54, 1.807) is 4.90 Å². The van der Waals surface area contributed by atoms with E-state index in [0.717, 1.165) is 38.2 Å². The highest BCUT2D eigenvalue weighted by atomic mass is 19.4. The van der Waals surface area contributed by atoms with Gasteiger partial charge in [0.15, 0.2) is 17.3 Å². The Bertz CT molecular complexity index is 1120. The molecule has 2 heterocycles. The number of carbonyl (C=O) groups excluding carboxylic acids is 1. The van der Waals surface area contributed by atoms with Gasteiger partial charge in [-0.2, -0.15) is 18.2 Å². The zero-order chi connectivity index (χ0) is 23.7. The number of fused-ring (bicyclic) bond motifs is 1. The predicted molar refractivity (Wildman–Crippen MR) is 114 cm³/mol. The highest BCUT2D eigenvalue weighted by molar-refractivity contribution is 6.03. The van der Waals surface area contributed by atoms with E-state index in [4.69, 9.17) is 9.15 Å². The van der Waals surface area contributed by atoms with Gasteiger partial charge >= 0.3 is 6.18 Å². The number of hydrogen-bond acceptors (Lipinski definition) is 5. The lowest BCUT2D eigenvalue weighted by molar-refractivity contribution is -0.130. The van der Waals surface area contributed by atoms with Crippen LogP contribution in [0.2, 0.25) is 0 Å². The minimum atomic E-state index is -4.57. The van der Waals surface area contributed by atoms with E-state index in [1.807, 2.05) is 0 Å². The Morgan fingerprint density at radius 1 is 1.21 bits per heavy atom. The first-order valence-corrected chi connectivity index (χ1v) is 11.8. The lowest BCUT2D eigenvalue weighted by Gasteiger charge is -2.16. The standard InChI is InChI=1S/C24H25F4N3O3/c25-17-10-15(1-2-18(17)33-16-8-13-7-14(13)9-16)29-21(32)20-19(11-24(26,27)28)34-22(30-20)31-6-5-23(12-31)3-4-23/h1-2,10,13-14,16H,3-9,11-12H2,(H,29,32). The number of aromatic nitrogens is 1. The van der Waals surface area contributed by atoms with Crippen molar-refractivity contribution in [3.8, 4) is 5.75 Å². The maximum absolute atomic E-state index is 14.6. The second-order valence-corrected chi connectivity index (χ2v) is 10.3. The quantitative estimate of drug-likeness (QED) is 0.567. The highest BCUT2D eigenvalue weighted by Gasteiger charge is 2.49. The first-order chi connectivity index (χ1) is 16.2. The molecule has 1 amide bonds. The Morgan fingerprint density at radius 3 is 2.62 bits per heavy atom.